The molecule has 0 saturated carbocycles. The minimum atomic E-state index is -0.296. The van der Waals surface area contributed by atoms with Crippen LogP contribution in [0.2, 0.25) is 0 Å². The Morgan fingerprint density at radius 1 is 0.909 bits per heavy atom. The van der Waals surface area contributed by atoms with Crippen molar-refractivity contribution in [2.75, 3.05) is 27.4 Å². The van der Waals surface area contributed by atoms with Gasteiger partial charge in [0.05, 0.1) is 27.4 Å². The first kappa shape index (κ1) is 23.8. The maximum absolute atomic E-state index is 12.6. The number of ether oxygens (including phenoxy) is 5. The first-order valence-corrected chi connectivity index (χ1v) is 10.6. The predicted molar refractivity (Wildman–Crippen MR) is 122 cm³/mol. The van der Waals surface area contributed by atoms with Gasteiger partial charge in [-0.3, -0.25) is 4.79 Å². The number of methoxy groups -OCH3 is 2. The Bertz CT molecular complexity index is 1040. The van der Waals surface area contributed by atoms with Crippen LogP contribution in [-0.2, 0) is 13.3 Å². The third-order valence-corrected chi connectivity index (χ3v) is 4.66. The van der Waals surface area contributed by atoms with E-state index >= 15 is 0 Å². The van der Waals surface area contributed by atoms with Crippen molar-refractivity contribution in [2.24, 2.45) is 0 Å². The molecule has 0 aliphatic rings. The topological polar surface area (TPSA) is 93.1 Å². The van der Waals surface area contributed by atoms with Gasteiger partial charge in [-0.2, -0.15) is 5.10 Å². The summed E-state index contributed by atoms with van der Waals surface area (Å²) in [5.74, 6) is 2.58. The Kier molecular flexibility index (Phi) is 8.40. The van der Waals surface area contributed by atoms with Crippen LogP contribution in [0.4, 0.5) is 0 Å². The number of nitrogens with zero attached hydrogens (tertiary/aromatic N) is 2. The van der Waals surface area contributed by atoms with Crippen LogP contribution in [0.25, 0.3) is 0 Å². The molecule has 1 aromatic heterocycles. The van der Waals surface area contributed by atoms with E-state index in [1.165, 1.54) is 4.68 Å². The van der Waals surface area contributed by atoms with Crippen LogP contribution < -0.4 is 29.0 Å². The molecule has 3 rings (SSSR count). The quantitative estimate of drug-likeness (QED) is 0.445. The van der Waals surface area contributed by atoms with E-state index < -0.39 is 0 Å². The molecule has 9 nitrogen and oxygen atoms in total. The Balaban J connectivity index is 1.60. The molecule has 176 valence electrons. The highest BCUT2D eigenvalue weighted by atomic mass is 16.5. The van der Waals surface area contributed by atoms with Crippen molar-refractivity contribution in [3.63, 3.8) is 0 Å². The maximum atomic E-state index is 12.6. The van der Waals surface area contributed by atoms with Crippen molar-refractivity contribution in [2.45, 2.75) is 27.1 Å². The molecule has 1 amide bonds. The van der Waals surface area contributed by atoms with E-state index in [-0.39, 0.29) is 18.3 Å². The second-order valence-electron chi connectivity index (χ2n) is 6.84. The van der Waals surface area contributed by atoms with Crippen LogP contribution in [0.3, 0.4) is 0 Å². The number of rotatable bonds is 12. The van der Waals surface area contributed by atoms with Gasteiger partial charge in [-0.25, -0.2) is 4.68 Å². The van der Waals surface area contributed by atoms with Gasteiger partial charge in [-0.05, 0) is 49.7 Å². The Hall–Kier alpha value is -3.88. The third-order valence-electron chi connectivity index (χ3n) is 4.66. The lowest BCUT2D eigenvalue weighted by Crippen LogP contribution is -2.23. The number of hydrogen-bond donors (Lipinski definition) is 1. The minimum Gasteiger partial charge on any atom is -0.493 e. The molecule has 0 aliphatic carbocycles. The van der Waals surface area contributed by atoms with Gasteiger partial charge in [-0.15, -0.1) is 0 Å². The number of amides is 1. The summed E-state index contributed by atoms with van der Waals surface area (Å²) in [6, 6.07) is 12.6. The van der Waals surface area contributed by atoms with Gasteiger partial charge in [-0.1, -0.05) is 12.1 Å². The van der Waals surface area contributed by atoms with E-state index in [4.69, 9.17) is 23.7 Å². The lowest BCUT2D eigenvalue weighted by atomic mass is 10.2. The van der Waals surface area contributed by atoms with Gasteiger partial charge < -0.3 is 29.0 Å². The molecule has 0 fully saturated rings. The molecule has 0 radical (unpaired) electrons. The Labute approximate surface area is 193 Å². The average molecular weight is 456 g/mol. The van der Waals surface area contributed by atoms with Crippen molar-refractivity contribution in [3.05, 3.63) is 59.9 Å². The number of aromatic nitrogens is 2. The van der Waals surface area contributed by atoms with Crippen molar-refractivity contribution in [1.29, 1.82) is 0 Å². The highest BCUT2D eigenvalue weighted by Crippen LogP contribution is 2.36. The van der Waals surface area contributed by atoms with Gasteiger partial charge >= 0.3 is 0 Å². The van der Waals surface area contributed by atoms with Gasteiger partial charge in [0.1, 0.15) is 5.69 Å². The number of hydrogen-bond acceptors (Lipinski definition) is 7. The summed E-state index contributed by atoms with van der Waals surface area (Å²) in [6.07, 6.45) is 1.67. The van der Waals surface area contributed by atoms with E-state index in [1.807, 2.05) is 38.1 Å². The molecule has 0 bridgehead atoms. The normalized spacial score (nSPS) is 10.4. The fourth-order valence-corrected chi connectivity index (χ4v) is 3.12. The largest absolute Gasteiger partial charge is 0.493 e. The molecule has 2 aromatic carbocycles. The van der Waals surface area contributed by atoms with Crippen LogP contribution in [0.1, 0.15) is 29.9 Å². The van der Waals surface area contributed by atoms with Gasteiger partial charge in [0.25, 0.3) is 5.91 Å². The Morgan fingerprint density at radius 2 is 1.61 bits per heavy atom. The summed E-state index contributed by atoms with van der Waals surface area (Å²) in [7, 11) is 3.11. The van der Waals surface area contributed by atoms with Gasteiger partial charge in [0.2, 0.25) is 5.75 Å². The molecular formula is C24H29N3O6. The Morgan fingerprint density at radius 3 is 2.27 bits per heavy atom. The molecule has 0 spiro atoms. The number of carbonyl (C=O) groups is 1. The summed E-state index contributed by atoms with van der Waals surface area (Å²) in [4.78, 5) is 12.6. The molecule has 33 heavy (non-hydrogen) atoms. The monoisotopic (exact) mass is 455 g/mol. The standard InChI is InChI=1S/C24H29N3O6/c1-5-31-19-11-10-17(14-22(19)32-6-2)15-25-24(28)18-12-13-27(26-18)16-33-23-20(29-3)8-7-9-21(23)30-4/h7-14H,5-6,15-16H2,1-4H3,(H,25,28). The first-order chi connectivity index (χ1) is 16.1. The molecule has 0 unspecified atom stereocenters. The fourth-order valence-electron chi connectivity index (χ4n) is 3.12. The molecule has 0 saturated heterocycles. The minimum absolute atomic E-state index is 0.0839. The molecule has 9 heteroatoms. The molecule has 0 atom stereocenters. The molecule has 0 aliphatic heterocycles. The smallest absolute Gasteiger partial charge is 0.272 e. The second-order valence-corrected chi connectivity index (χ2v) is 6.84. The van der Waals surface area contributed by atoms with E-state index in [9.17, 15) is 4.79 Å². The van der Waals surface area contributed by atoms with Crippen molar-refractivity contribution in [3.8, 4) is 28.7 Å². The van der Waals surface area contributed by atoms with Crippen LogP contribution in [0, 0.1) is 0 Å². The first-order valence-electron chi connectivity index (χ1n) is 10.6. The van der Waals surface area contributed by atoms with Crippen molar-refractivity contribution >= 4 is 5.91 Å². The lowest BCUT2D eigenvalue weighted by Gasteiger charge is -2.14. The van der Waals surface area contributed by atoms with Crippen molar-refractivity contribution in [1.82, 2.24) is 15.1 Å². The zero-order valence-corrected chi connectivity index (χ0v) is 19.3. The highest BCUT2D eigenvalue weighted by Gasteiger charge is 2.14. The summed E-state index contributed by atoms with van der Waals surface area (Å²) >= 11 is 0. The van der Waals surface area contributed by atoms with Crippen LogP contribution in [0.5, 0.6) is 28.7 Å². The predicted octanol–water partition coefficient (Wildman–Crippen LogP) is 3.66. The molecule has 3 aromatic rings. The van der Waals surface area contributed by atoms with E-state index in [0.29, 0.717) is 48.5 Å². The number of nitrogens with one attached hydrogen (secondary N) is 1. The summed E-state index contributed by atoms with van der Waals surface area (Å²) in [6.45, 7) is 5.31. The zero-order valence-electron chi connectivity index (χ0n) is 19.3. The third kappa shape index (κ3) is 6.09. The van der Waals surface area contributed by atoms with E-state index in [0.717, 1.165) is 5.56 Å². The summed E-state index contributed by atoms with van der Waals surface area (Å²) < 4.78 is 29.2. The zero-order chi connectivity index (χ0) is 23.6. The summed E-state index contributed by atoms with van der Waals surface area (Å²) in [5, 5.41) is 7.15. The van der Waals surface area contributed by atoms with Crippen LogP contribution in [0.15, 0.2) is 48.7 Å². The van der Waals surface area contributed by atoms with Crippen LogP contribution in [-0.4, -0.2) is 43.1 Å². The SMILES string of the molecule is CCOc1ccc(CNC(=O)c2ccn(COc3c(OC)cccc3OC)n2)cc1OCC. The summed E-state index contributed by atoms with van der Waals surface area (Å²) in [5.41, 5.74) is 1.17. The second kappa shape index (κ2) is 11.7. The molecular weight excluding hydrogens is 426 g/mol. The van der Waals surface area contributed by atoms with E-state index in [1.54, 1.807) is 38.6 Å². The molecule has 1 N–H and O–H groups in total. The van der Waals surface area contributed by atoms with Gasteiger partial charge in [0, 0.05) is 12.7 Å². The highest BCUT2D eigenvalue weighted by molar-refractivity contribution is 5.92. The number of benzene rings is 2. The average Bonchev–Trinajstić information content (AvgIpc) is 3.31. The lowest BCUT2D eigenvalue weighted by molar-refractivity contribution is 0.0943. The van der Waals surface area contributed by atoms with Crippen molar-refractivity contribution < 1.29 is 28.5 Å². The van der Waals surface area contributed by atoms with Crippen LogP contribution >= 0.6 is 0 Å². The fraction of sp³-hybridized carbons (Fsp3) is 0.333. The van der Waals surface area contributed by atoms with E-state index in [2.05, 4.69) is 10.4 Å². The number of carbonyl (C=O) groups excluding carboxylic acids is 1. The molecule has 1 heterocycles. The van der Waals surface area contributed by atoms with Gasteiger partial charge in [0.15, 0.2) is 29.7 Å². The maximum Gasteiger partial charge on any atom is 0.272 e. The number of para-hydroxylation sites is 1.